The maximum Gasteiger partial charge on any atom is 0.305 e. The second-order valence-electron chi connectivity index (χ2n) is 5.42. The van der Waals surface area contributed by atoms with Gasteiger partial charge in [0, 0.05) is 6.20 Å². The molecule has 0 spiro atoms. The second-order valence-corrected chi connectivity index (χ2v) is 5.83. The summed E-state index contributed by atoms with van der Waals surface area (Å²) in [7, 11) is 0. The predicted octanol–water partition coefficient (Wildman–Crippen LogP) is 3.39. The van der Waals surface area contributed by atoms with Crippen LogP contribution in [-0.4, -0.2) is 28.6 Å². The number of amides is 1. The number of nitrogens with one attached hydrogen (secondary N) is 1. The van der Waals surface area contributed by atoms with Gasteiger partial charge < -0.3 is 15.2 Å². The van der Waals surface area contributed by atoms with Gasteiger partial charge in [-0.15, -0.1) is 0 Å². The smallest absolute Gasteiger partial charge is 0.305 e. The van der Waals surface area contributed by atoms with Gasteiger partial charge in [-0.2, -0.15) is 0 Å². The minimum Gasteiger partial charge on any atom is -0.481 e. The maximum absolute atomic E-state index is 12.5. The normalized spacial score (nSPS) is 11.6. The lowest BCUT2D eigenvalue weighted by molar-refractivity contribution is -0.137. The summed E-state index contributed by atoms with van der Waals surface area (Å²) in [6.45, 7) is 4.08. The Labute approximate surface area is 150 Å². The number of rotatable bonds is 7. The van der Waals surface area contributed by atoms with Crippen LogP contribution in [0, 0.1) is 6.92 Å². The summed E-state index contributed by atoms with van der Waals surface area (Å²) in [5.41, 5.74) is 1.89. The molecule has 2 N–H and O–H groups in total. The van der Waals surface area contributed by atoms with Crippen LogP contribution in [0.3, 0.4) is 0 Å². The van der Waals surface area contributed by atoms with Gasteiger partial charge in [0.1, 0.15) is 5.02 Å². The Morgan fingerprint density at radius 1 is 1.36 bits per heavy atom. The van der Waals surface area contributed by atoms with Crippen LogP contribution in [0.5, 0.6) is 5.88 Å². The van der Waals surface area contributed by atoms with Crippen LogP contribution in [0.1, 0.15) is 40.9 Å². The zero-order valence-corrected chi connectivity index (χ0v) is 14.7. The van der Waals surface area contributed by atoms with E-state index in [0.717, 1.165) is 11.1 Å². The number of aromatic nitrogens is 1. The number of benzene rings is 1. The van der Waals surface area contributed by atoms with E-state index in [9.17, 15) is 9.59 Å². The molecular weight excluding hydrogens is 344 g/mol. The lowest BCUT2D eigenvalue weighted by Gasteiger charge is -2.19. The van der Waals surface area contributed by atoms with Crippen LogP contribution in [0.25, 0.3) is 0 Å². The number of hydrogen-bond donors (Lipinski definition) is 2. The van der Waals surface area contributed by atoms with E-state index < -0.39 is 17.9 Å². The van der Waals surface area contributed by atoms with Gasteiger partial charge >= 0.3 is 5.97 Å². The van der Waals surface area contributed by atoms with Crippen molar-refractivity contribution in [3.8, 4) is 5.88 Å². The van der Waals surface area contributed by atoms with E-state index in [1.165, 1.54) is 12.3 Å². The molecule has 2 aromatic rings. The summed E-state index contributed by atoms with van der Waals surface area (Å²) in [5, 5.41) is 12.1. The summed E-state index contributed by atoms with van der Waals surface area (Å²) in [4.78, 5) is 27.7. The highest BCUT2D eigenvalue weighted by atomic mass is 35.5. The summed E-state index contributed by atoms with van der Waals surface area (Å²) < 4.78 is 5.24. The van der Waals surface area contributed by atoms with Gasteiger partial charge in [0.15, 0.2) is 0 Å². The third-order valence-corrected chi connectivity index (χ3v) is 3.87. The SMILES string of the molecule is CCOc1ncc(C(=O)NC(CC(=O)O)c2ccccc2C)cc1Cl. The fraction of sp³-hybridized carbons (Fsp3) is 0.278. The molecule has 2 rings (SSSR count). The molecule has 0 radical (unpaired) electrons. The number of halogens is 1. The van der Waals surface area contributed by atoms with Crippen LogP contribution < -0.4 is 10.1 Å². The van der Waals surface area contributed by atoms with E-state index in [2.05, 4.69) is 10.3 Å². The number of hydrogen-bond acceptors (Lipinski definition) is 4. The van der Waals surface area contributed by atoms with E-state index in [4.69, 9.17) is 21.4 Å². The average molecular weight is 363 g/mol. The molecule has 132 valence electrons. The Morgan fingerprint density at radius 3 is 2.68 bits per heavy atom. The molecule has 0 saturated heterocycles. The van der Waals surface area contributed by atoms with Crippen molar-refractivity contribution in [2.75, 3.05) is 6.61 Å². The first-order chi connectivity index (χ1) is 11.9. The molecule has 1 heterocycles. The molecule has 0 saturated carbocycles. The van der Waals surface area contributed by atoms with Crippen molar-refractivity contribution < 1.29 is 19.4 Å². The molecule has 0 fully saturated rings. The number of pyridine rings is 1. The Bertz CT molecular complexity index is 779. The molecule has 7 heteroatoms. The molecule has 0 aliphatic heterocycles. The monoisotopic (exact) mass is 362 g/mol. The minimum atomic E-state index is -1.00. The Hall–Kier alpha value is -2.60. The van der Waals surface area contributed by atoms with Gasteiger partial charge in [-0.3, -0.25) is 9.59 Å². The van der Waals surface area contributed by atoms with Crippen LogP contribution in [0.15, 0.2) is 36.5 Å². The van der Waals surface area contributed by atoms with Gasteiger partial charge in [-0.05, 0) is 31.0 Å². The van der Waals surface area contributed by atoms with Crippen molar-refractivity contribution in [1.82, 2.24) is 10.3 Å². The molecule has 0 aliphatic rings. The second kappa shape index (κ2) is 8.48. The van der Waals surface area contributed by atoms with Crippen molar-refractivity contribution in [2.45, 2.75) is 26.3 Å². The zero-order valence-electron chi connectivity index (χ0n) is 14.0. The van der Waals surface area contributed by atoms with E-state index in [1.54, 1.807) is 19.1 Å². The summed E-state index contributed by atoms with van der Waals surface area (Å²) in [6.07, 6.45) is 1.12. The number of carbonyl (C=O) groups excluding carboxylic acids is 1. The lowest BCUT2D eigenvalue weighted by atomic mass is 9.98. The molecule has 0 bridgehead atoms. The van der Waals surface area contributed by atoms with Crippen molar-refractivity contribution in [3.05, 3.63) is 58.2 Å². The third-order valence-electron chi connectivity index (χ3n) is 3.60. The van der Waals surface area contributed by atoms with Gasteiger partial charge in [-0.25, -0.2) is 4.98 Å². The Balaban J connectivity index is 2.24. The first kappa shape index (κ1) is 18.7. The first-order valence-electron chi connectivity index (χ1n) is 7.79. The van der Waals surface area contributed by atoms with Crippen molar-refractivity contribution in [3.63, 3.8) is 0 Å². The van der Waals surface area contributed by atoms with Crippen LogP contribution >= 0.6 is 11.6 Å². The number of nitrogens with zero attached hydrogens (tertiary/aromatic N) is 1. The molecule has 1 aromatic heterocycles. The Kier molecular flexibility index (Phi) is 6.36. The van der Waals surface area contributed by atoms with Crippen LogP contribution in [-0.2, 0) is 4.79 Å². The number of carbonyl (C=O) groups is 2. The largest absolute Gasteiger partial charge is 0.481 e. The van der Waals surface area contributed by atoms with Crippen molar-refractivity contribution in [2.24, 2.45) is 0 Å². The van der Waals surface area contributed by atoms with Gasteiger partial charge in [0.25, 0.3) is 5.91 Å². The highest BCUT2D eigenvalue weighted by Gasteiger charge is 2.21. The van der Waals surface area contributed by atoms with Gasteiger partial charge in [0.05, 0.1) is 24.6 Å². The standard InChI is InChI=1S/C18H19ClN2O4/c1-3-25-18-14(19)8-12(10-20-18)17(24)21-15(9-16(22)23)13-7-5-4-6-11(13)2/h4-8,10,15H,3,9H2,1-2H3,(H,21,24)(H,22,23). The summed E-state index contributed by atoms with van der Waals surface area (Å²) in [6, 6.07) is 8.12. The fourth-order valence-electron chi connectivity index (χ4n) is 2.43. The molecule has 1 unspecified atom stereocenters. The summed E-state index contributed by atoms with van der Waals surface area (Å²) >= 11 is 6.05. The van der Waals surface area contributed by atoms with E-state index in [-0.39, 0.29) is 22.9 Å². The number of aliphatic carboxylic acids is 1. The highest BCUT2D eigenvalue weighted by molar-refractivity contribution is 6.32. The number of carboxylic acid groups (broad SMARTS) is 1. The number of aryl methyl sites for hydroxylation is 1. The Morgan fingerprint density at radius 2 is 2.08 bits per heavy atom. The molecule has 6 nitrogen and oxygen atoms in total. The zero-order chi connectivity index (χ0) is 18.4. The highest BCUT2D eigenvalue weighted by Crippen LogP contribution is 2.24. The molecule has 25 heavy (non-hydrogen) atoms. The van der Waals surface area contributed by atoms with Crippen molar-refractivity contribution >= 4 is 23.5 Å². The molecule has 1 aromatic carbocycles. The molecule has 0 aliphatic carbocycles. The van der Waals surface area contributed by atoms with Crippen LogP contribution in [0.2, 0.25) is 5.02 Å². The maximum atomic E-state index is 12.5. The van der Waals surface area contributed by atoms with E-state index in [1.807, 2.05) is 19.1 Å². The van der Waals surface area contributed by atoms with Gasteiger partial charge in [-0.1, -0.05) is 35.9 Å². The minimum absolute atomic E-state index is 0.222. The summed E-state index contributed by atoms with van der Waals surface area (Å²) in [5.74, 6) is -1.20. The quantitative estimate of drug-likeness (QED) is 0.788. The molecule has 1 amide bonds. The number of carboxylic acids is 1. The van der Waals surface area contributed by atoms with Gasteiger partial charge in [0.2, 0.25) is 5.88 Å². The first-order valence-corrected chi connectivity index (χ1v) is 8.16. The average Bonchev–Trinajstić information content (AvgIpc) is 2.56. The number of ether oxygens (including phenoxy) is 1. The lowest BCUT2D eigenvalue weighted by Crippen LogP contribution is -2.30. The fourth-order valence-corrected chi connectivity index (χ4v) is 2.65. The topological polar surface area (TPSA) is 88.5 Å². The third kappa shape index (κ3) is 4.93. The van der Waals surface area contributed by atoms with Crippen molar-refractivity contribution in [1.29, 1.82) is 0 Å². The van der Waals surface area contributed by atoms with E-state index in [0.29, 0.717) is 6.61 Å². The van der Waals surface area contributed by atoms with E-state index >= 15 is 0 Å². The molecule has 1 atom stereocenters. The predicted molar refractivity (Wildman–Crippen MR) is 94.1 cm³/mol. The molecular formula is C18H19ClN2O4. The van der Waals surface area contributed by atoms with Crippen LogP contribution in [0.4, 0.5) is 0 Å².